The van der Waals surface area contributed by atoms with Gasteiger partial charge in [-0.1, -0.05) is 54.6 Å². The number of halogens is 1. The first kappa shape index (κ1) is 19.5. The lowest BCUT2D eigenvalue weighted by atomic mass is 10.0. The Kier molecular flexibility index (Phi) is 7.50. The zero-order valence-corrected chi connectivity index (χ0v) is 16.0. The van der Waals surface area contributed by atoms with Gasteiger partial charge in [-0.2, -0.15) is 5.26 Å². The van der Waals surface area contributed by atoms with Crippen molar-refractivity contribution in [3.05, 3.63) is 71.3 Å². The van der Waals surface area contributed by atoms with Crippen LogP contribution in [0.3, 0.4) is 0 Å². The Morgan fingerprint density at radius 3 is 2.20 bits per heavy atom. The molecule has 0 saturated heterocycles. The standard InChI is InChI=1S/C20H24ClN.C2H3N/c1-22(16-18-6-3-2-4-7-18)15-5-8-17-9-11-19(12-10-17)20(21)13-14-20;1-2-3/h2-4,6-7,9-12H,5,8,13-16H2,1H3;1H3. The van der Waals surface area contributed by atoms with Crippen molar-refractivity contribution in [3.63, 3.8) is 0 Å². The second kappa shape index (κ2) is 9.61. The number of nitriles is 1. The third-order valence-electron chi connectivity index (χ3n) is 4.46. The summed E-state index contributed by atoms with van der Waals surface area (Å²) in [7, 11) is 2.19. The molecule has 0 atom stereocenters. The number of hydrogen-bond acceptors (Lipinski definition) is 2. The zero-order chi connectivity index (χ0) is 18.1. The minimum absolute atomic E-state index is 0.0333. The SMILES string of the molecule is CC#N.CN(CCCc1ccc(C2(Cl)CC2)cc1)Cc1ccccc1. The molecule has 2 nitrogen and oxygen atoms in total. The summed E-state index contributed by atoms with van der Waals surface area (Å²) in [4.78, 5) is 2.36. The van der Waals surface area contributed by atoms with Crippen molar-refractivity contribution >= 4 is 11.6 Å². The lowest BCUT2D eigenvalue weighted by Gasteiger charge is -2.16. The van der Waals surface area contributed by atoms with Crippen molar-refractivity contribution < 1.29 is 0 Å². The van der Waals surface area contributed by atoms with Crippen LogP contribution in [0.1, 0.15) is 42.9 Å². The van der Waals surface area contributed by atoms with Crippen molar-refractivity contribution in [2.24, 2.45) is 0 Å². The quantitative estimate of drug-likeness (QED) is 0.613. The highest BCUT2D eigenvalue weighted by atomic mass is 35.5. The van der Waals surface area contributed by atoms with Gasteiger partial charge in [-0.15, -0.1) is 11.6 Å². The maximum atomic E-state index is 7.32. The molecular formula is C22H27ClN2. The predicted molar refractivity (Wildman–Crippen MR) is 106 cm³/mol. The largest absolute Gasteiger partial charge is 0.302 e. The van der Waals surface area contributed by atoms with Crippen LogP contribution >= 0.6 is 11.6 Å². The summed E-state index contributed by atoms with van der Waals surface area (Å²) < 4.78 is 0. The van der Waals surface area contributed by atoms with Gasteiger partial charge in [0.25, 0.3) is 0 Å². The molecule has 1 fully saturated rings. The molecule has 1 aliphatic carbocycles. The van der Waals surface area contributed by atoms with Crippen molar-refractivity contribution in [2.45, 2.75) is 44.0 Å². The fourth-order valence-electron chi connectivity index (χ4n) is 2.90. The molecule has 0 bridgehead atoms. The molecule has 0 heterocycles. The van der Waals surface area contributed by atoms with Gasteiger partial charge in [-0.25, -0.2) is 0 Å². The molecule has 3 heteroatoms. The fourth-order valence-corrected chi connectivity index (χ4v) is 3.12. The number of alkyl halides is 1. The predicted octanol–water partition coefficient (Wildman–Crippen LogP) is 5.51. The normalized spacial score (nSPS) is 14.4. The molecule has 1 saturated carbocycles. The summed E-state index contributed by atoms with van der Waals surface area (Å²) in [5.41, 5.74) is 4.09. The van der Waals surface area contributed by atoms with Crippen LogP contribution in [0.2, 0.25) is 0 Å². The molecule has 0 aliphatic heterocycles. The van der Waals surface area contributed by atoms with E-state index in [0.717, 1.165) is 32.4 Å². The smallest absolute Gasteiger partial charge is 0.0696 e. The van der Waals surface area contributed by atoms with E-state index in [0.29, 0.717) is 0 Å². The van der Waals surface area contributed by atoms with Gasteiger partial charge in [0.1, 0.15) is 0 Å². The molecule has 2 aromatic carbocycles. The van der Waals surface area contributed by atoms with Crippen molar-refractivity contribution in [1.29, 1.82) is 5.26 Å². The molecule has 1 aliphatic rings. The van der Waals surface area contributed by atoms with Gasteiger partial charge in [0.2, 0.25) is 0 Å². The van der Waals surface area contributed by atoms with Gasteiger partial charge in [-0.05, 0) is 56.0 Å². The van der Waals surface area contributed by atoms with Crippen LogP contribution in [-0.4, -0.2) is 18.5 Å². The first-order valence-corrected chi connectivity index (χ1v) is 9.27. The zero-order valence-electron chi connectivity index (χ0n) is 15.2. The van der Waals surface area contributed by atoms with E-state index in [9.17, 15) is 0 Å². The third kappa shape index (κ3) is 6.53. The van der Waals surface area contributed by atoms with E-state index in [1.165, 1.54) is 30.0 Å². The monoisotopic (exact) mass is 354 g/mol. The van der Waals surface area contributed by atoms with Gasteiger partial charge >= 0.3 is 0 Å². The summed E-state index contributed by atoms with van der Waals surface area (Å²) in [6.45, 7) is 3.57. The summed E-state index contributed by atoms with van der Waals surface area (Å²) in [6, 6.07) is 21.3. The lowest BCUT2D eigenvalue weighted by molar-refractivity contribution is 0.322. The molecule has 0 amide bonds. The molecule has 2 aromatic rings. The van der Waals surface area contributed by atoms with Crippen LogP contribution < -0.4 is 0 Å². The Morgan fingerprint density at radius 1 is 1.04 bits per heavy atom. The maximum Gasteiger partial charge on any atom is 0.0696 e. The van der Waals surface area contributed by atoms with Crippen molar-refractivity contribution in [2.75, 3.05) is 13.6 Å². The van der Waals surface area contributed by atoms with Gasteiger partial charge in [0, 0.05) is 13.5 Å². The molecule has 3 rings (SSSR count). The third-order valence-corrected chi connectivity index (χ3v) is 5.06. The van der Waals surface area contributed by atoms with Crippen LogP contribution in [-0.2, 0) is 17.8 Å². The topological polar surface area (TPSA) is 27.0 Å². The minimum atomic E-state index is -0.0333. The van der Waals surface area contributed by atoms with Crippen LogP contribution in [0, 0.1) is 11.3 Å². The van der Waals surface area contributed by atoms with Gasteiger partial charge in [0.05, 0.1) is 10.9 Å². The average Bonchev–Trinajstić information content (AvgIpc) is 3.36. The van der Waals surface area contributed by atoms with E-state index in [-0.39, 0.29) is 4.87 Å². The Bertz CT molecular complexity index is 669. The van der Waals surface area contributed by atoms with E-state index < -0.39 is 0 Å². The van der Waals surface area contributed by atoms with E-state index in [2.05, 4.69) is 66.5 Å². The van der Waals surface area contributed by atoms with Gasteiger partial charge < -0.3 is 4.90 Å². The second-order valence-corrected chi connectivity index (χ2v) is 7.44. The Morgan fingerprint density at radius 2 is 1.64 bits per heavy atom. The summed E-state index contributed by atoms with van der Waals surface area (Å²) >= 11 is 6.44. The first-order valence-electron chi connectivity index (χ1n) is 8.89. The van der Waals surface area contributed by atoms with Crippen LogP contribution in [0.5, 0.6) is 0 Å². The first-order chi connectivity index (χ1) is 12.1. The summed E-state index contributed by atoms with van der Waals surface area (Å²) in [5.74, 6) is 0. The van der Waals surface area contributed by atoms with Crippen LogP contribution in [0.25, 0.3) is 0 Å². The van der Waals surface area contributed by atoms with Crippen LogP contribution in [0.15, 0.2) is 54.6 Å². The fraction of sp³-hybridized carbons (Fsp3) is 0.409. The molecule has 0 unspecified atom stereocenters. The Balaban J connectivity index is 0.000000701. The molecule has 25 heavy (non-hydrogen) atoms. The Labute approximate surface area is 157 Å². The number of nitrogens with zero attached hydrogens (tertiary/aromatic N) is 2. The Hall–Kier alpha value is -1.82. The molecule has 0 aromatic heterocycles. The molecule has 0 spiro atoms. The summed E-state index contributed by atoms with van der Waals surface area (Å²) in [6.07, 6.45) is 4.57. The number of aryl methyl sites for hydroxylation is 1. The van der Waals surface area contributed by atoms with E-state index in [1.807, 2.05) is 0 Å². The number of rotatable bonds is 7. The van der Waals surface area contributed by atoms with Crippen molar-refractivity contribution in [3.8, 4) is 6.07 Å². The van der Waals surface area contributed by atoms with Crippen LogP contribution in [0.4, 0.5) is 0 Å². The second-order valence-electron chi connectivity index (χ2n) is 6.71. The molecule has 0 N–H and O–H groups in total. The highest BCUT2D eigenvalue weighted by Crippen LogP contribution is 2.51. The summed E-state index contributed by atoms with van der Waals surface area (Å²) in [5, 5.41) is 7.32. The molecule has 0 radical (unpaired) electrons. The minimum Gasteiger partial charge on any atom is -0.302 e. The molecular weight excluding hydrogens is 328 g/mol. The molecule has 132 valence electrons. The van der Waals surface area contributed by atoms with E-state index >= 15 is 0 Å². The van der Waals surface area contributed by atoms with E-state index in [4.69, 9.17) is 16.9 Å². The lowest BCUT2D eigenvalue weighted by Crippen LogP contribution is -2.19. The van der Waals surface area contributed by atoms with Gasteiger partial charge in [-0.3, -0.25) is 0 Å². The van der Waals surface area contributed by atoms with Crippen molar-refractivity contribution in [1.82, 2.24) is 4.90 Å². The number of benzene rings is 2. The van der Waals surface area contributed by atoms with Gasteiger partial charge in [0.15, 0.2) is 0 Å². The highest BCUT2D eigenvalue weighted by molar-refractivity contribution is 6.25. The van der Waals surface area contributed by atoms with E-state index in [1.54, 1.807) is 6.07 Å². The maximum absolute atomic E-state index is 7.32. The highest BCUT2D eigenvalue weighted by Gasteiger charge is 2.41. The average molecular weight is 355 g/mol. The number of hydrogen-bond donors (Lipinski definition) is 0.